The average Bonchev–Trinajstić information content (AvgIpc) is 2.46. The Bertz CT molecular complexity index is 199. The van der Waals surface area contributed by atoms with Crippen molar-refractivity contribution in [3.63, 3.8) is 0 Å². The van der Waals surface area contributed by atoms with Crippen LogP contribution in [-0.2, 0) is 14.3 Å². The van der Waals surface area contributed by atoms with Gasteiger partial charge in [0, 0.05) is 7.11 Å². The molecular formula is C11H18O3. The molecule has 0 saturated carbocycles. The molecule has 1 aliphatic carbocycles. The molecule has 0 heterocycles. The third-order valence-electron chi connectivity index (χ3n) is 2.34. The molecule has 0 N–H and O–H groups in total. The maximum atomic E-state index is 11.5. The Morgan fingerprint density at radius 1 is 1.43 bits per heavy atom. The summed E-state index contributed by atoms with van der Waals surface area (Å²) in [6.45, 7) is 0.835. The van der Waals surface area contributed by atoms with Crippen LogP contribution in [0.3, 0.4) is 0 Å². The van der Waals surface area contributed by atoms with Gasteiger partial charge in [0.25, 0.3) is 0 Å². The maximum Gasteiger partial charge on any atom is 0.312 e. The van der Waals surface area contributed by atoms with Gasteiger partial charge in [-0.15, -0.1) is 0 Å². The number of carbonyl (C=O) groups is 1. The Balaban J connectivity index is 2.27. The normalized spacial score (nSPS) is 21.6. The summed E-state index contributed by atoms with van der Waals surface area (Å²) in [6, 6.07) is 0. The van der Waals surface area contributed by atoms with Gasteiger partial charge in [0.15, 0.2) is 0 Å². The molecule has 0 aromatic carbocycles. The monoisotopic (exact) mass is 198 g/mol. The molecule has 0 bridgehead atoms. The van der Waals surface area contributed by atoms with Crippen LogP contribution in [0.4, 0.5) is 0 Å². The number of hydrogen-bond acceptors (Lipinski definition) is 3. The molecule has 1 aliphatic rings. The lowest BCUT2D eigenvalue weighted by Crippen LogP contribution is -2.17. The van der Waals surface area contributed by atoms with Crippen LogP contribution in [0.2, 0.25) is 0 Å². The summed E-state index contributed by atoms with van der Waals surface area (Å²) in [5, 5.41) is 0. The standard InChI is InChI=1S/C11H18O3/c1-13-8-9-14-11(12)10-6-4-2-3-5-7-10/h4,6,10H,2-3,5,7-9H2,1H3. The van der Waals surface area contributed by atoms with Crippen molar-refractivity contribution >= 4 is 5.97 Å². The summed E-state index contributed by atoms with van der Waals surface area (Å²) < 4.78 is 9.87. The second-order valence-corrected chi connectivity index (χ2v) is 3.48. The van der Waals surface area contributed by atoms with Crippen molar-refractivity contribution in [1.82, 2.24) is 0 Å². The van der Waals surface area contributed by atoms with Gasteiger partial charge in [-0.3, -0.25) is 4.79 Å². The predicted octanol–water partition coefficient (Wildman–Crippen LogP) is 1.92. The average molecular weight is 198 g/mol. The second kappa shape index (κ2) is 6.60. The van der Waals surface area contributed by atoms with Gasteiger partial charge in [0.1, 0.15) is 6.61 Å². The van der Waals surface area contributed by atoms with Crippen LogP contribution in [0.1, 0.15) is 25.7 Å². The van der Waals surface area contributed by atoms with Crippen LogP contribution in [-0.4, -0.2) is 26.3 Å². The van der Waals surface area contributed by atoms with Crippen molar-refractivity contribution in [2.24, 2.45) is 5.92 Å². The van der Waals surface area contributed by atoms with E-state index < -0.39 is 0 Å². The number of ether oxygens (including phenoxy) is 2. The Morgan fingerprint density at radius 2 is 2.29 bits per heavy atom. The van der Waals surface area contributed by atoms with Crippen molar-refractivity contribution in [1.29, 1.82) is 0 Å². The van der Waals surface area contributed by atoms with E-state index in [1.807, 2.05) is 6.08 Å². The van der Waals surface area contributed by atoms with E-state index in [1.165, 1.54) is 6.42 Å². The van der Waals surface area contributed by atoms with E-state index >= 15 is 0 Å². The summed E-state index contributed by atoms with van der Waals surface area (Å²) in [5.41, 5.74) is 0. The molecule has 1 atom stereocenters. The Kier molecular flexibility index (Phi) is 5.30. The van der Waals surface area contributed by atoms with Crippen molar-refractivity contribution < 1.29 is 14.3 Å². The fourth-order valence-corrected chi connectivity index (χ4v) is 1.51. The van der Waals surface area contributed by atoms with E-state index in [4.69, 9.17) is 9.47 Å². The number of methoxy groups -OCH3 is 1. The van der Waals surface area contributed by atoms with Gasteiger partial charge < -0.3 is 9.47 Å². The molecule has 3 heteroatoms. The van der Waals surface area contributed by atoms with E-state index in [9.17, 15) is 4.79 Å². The second-order valence-electron chi connectivity index (χ2n) is 3.48. The molecule has 0 aromatic heterocycles. The highest BCUT2D eigenvalue weighted by atomic mass is 16.6. The molecule has 0 spiro atoms. The van der Waals surface area contributed by atoms with E-state index in [0.29, 0.717) is 13.2 Å². The first-order valence-corrected chi connectivity index (χ1v) is 5.17. The molecule has 0 fully saturated rings. The highest BCUT2D eigenvalue weighted by Crippen LogP contribution is 2.17. The molecular weight excluding hydrogens is 180 g/mol. The zero-order valence-corrected chi connectivity index (χ0v) is 8.70. The minimum Gasteiger partial charge on any atom is -0.463 e. The van der Waals surface area contributed by atoms with Crippen LogP contribution in [0, 0.1) is 5.92 Å². The van der Waals surface area contributed by atoms with E-state index in [1.54, 1.807) is 7.11 Å². The number of hydrogen-bond donors (Lipinski definition) is 0. The first-order chi connectivity index (χ1) is 6.84. The summed E-state index contributed by atoms with van der Waals surface area (Å²) in [4.78, 5) is 11.5. The van der Waals surface area contributed by atoms with Crippen molar-refractivity contribution in [2.75, 3.05) is 20.3 Å². The quantitative estimate of drug-likeness (QED) is 0.393. The first-order valence-electron chi connectivity index (χ1n) is 5.17. The summed E-state index contributed by atoms with van der Waals surface area (Å²) in [6.07, 6.45) is 8.34. The molecule has 3 nitrogen and oxygen atoms in total. The molecule has 1 rings (SSSR count). The SMILES string of the molecule is COCCOC(=O)C1C=CCCCC1. The van der Waals surface area contributed by atoms with Gasteiger partial charge in [-0.05, 0) is 19.3 Å². The molecule has 0 saturated heterocycles. The maximum absolute atomic E-state index is 11.5. The molecule has 0 amide bonds. The number of esters is 1. The minimum atomic E-state index is -0.111. The van der Waals surface area contributed by atoms with E-state index in [2.05, 4.69) is 6.08 Å². The fourth-order valence-electron chi connectivity index (χ4n) is 1.51. The Hall–Kier alpha value is -0.830. The van der Waals surface area contributed by atoms with Crippen LogP contribution >= 0.6 is 0 Å². The molecule has 0 radical (unpaired) electrons. The van der Waals surface area contributed by atoms with Crippen LogP contribution in [0.5, 0.6) is 0 Å². The van der Waals surface area contributed by atoms with Crippen LogP contribution < -0.4 is 0 Å². The van der Waals surface area contributed by atoms with Gasteiger partial charge in [0.05, 0.1) is 12.5 Å². The Labute approximate surface area is 85.1 Å². The lowest BCUT2D eigenvalue weighted by atomic mass is 10.0. The van der Waals surface area contributed by atoms with Gasteiger partial charge in [-0.1, -0.05) is 18.6 Å². The summed E-state index contributed by atoms with van der Waals surface area (Å²) in [7, 11) is 1.60. The lowest BCUT2D eigenvalue weighted by molar-refractivity contribution is -0.148. The number of allylic oxidation sites excluding steroid dienone is 1. The minimum absolute atomic E-state index is 0.0330. The largest absolute Gasteiger partial charge is 0.463 e. The van der Waals surface area contributed by atoms with Crippen molar-refractivity contribution in [3.8, 4) is 0 Å². The highest BCUT2D eigenvalue weighted by molar-refractivity contribution is 5.74. The van der Waals surface area contributed by atoms with Gasteiger partial charge >= 0.3 is 5.97 Å². The zero-order valence-electron chi connectivity index (χ0n) is 8.70. The van der Waals surface area contributed by atoms with E-state index in [0.717, 1.165) is 19.3 Å². The van der Waals surface area contributed by atoms with Crippen LogP contribution in [0.25, 0.3) is 0 Å². The van der Waals surface area contributed by atoms with Crippen molar-refractivity contribution in [3.05, 3.63) is 12.2 Å². The third-order valence-corrected chi connectivity index (χ3v) is 2.34. The molecule has 0 aliphatic heterocycles. The fraction of sp³-hybridized carbons (Fsp3) is 0.727. The highest BCUT2D eigenvalue weighted by Gasteiger charge is 2.17. The van der Waals surface area contributed by atoms with Gasteiger partial charge in [0.2, 0.25) is 0 Å². The lowest BCUT2D eigenvalue weighted by Gasteiger charge is -2.10. The summed E-state index contributed by atoms with van der Waals surface area (Å²) >= 11 is 0. The van der Waals surface area contributed by atoms with Gasteiger partial charge in [-0.25, -0.2) is 0 Å². The smallest absolute Gasteiger partial charge is 0.312 e. The summed E-state index contributed by atoms with van der Waals surface area (Å²) in [5.74, 6) is -0.144. The predicted molar refractivity (Wildman–Crippen MR) is 53.9 cm³/mol. The molecule has 0 aromatic rings. The van der Waals surface area contributed by atoms with Crippen LogP contribution in [0.15, 0.2) is 12.2 Å². The van der Waals surface area contributed by atoms with E-state index in [-0.39, 0.29) is 11.9 Å². The molecule has 80 valence electrons. The Morgan fingerprint density at radius 3 is 3.07 bits per heavy atom. The number of rotatable bonds is 4. The number of carbonyl (C=O) groups excluding carboxylic acids is 1. The molecule has 1 unspecified atom stereocenters. The molecule has 14 heavy (non-hydrogen) atoms. The first kappa shape index (κ1) is 11.2. The van der Waals surface area contributed by atoms with Crippen molar-refractivity contribution in [2.45, 2.75) is 25.7 Å². The zero-order chi connectivity index (χ0) is 10.2. The van der Waals surface area contributed by atoms with Gasteiger partial charge in [-0.2, -0.15) is 0 Å². The topological polar surface area (TPSA) is 35.5 Å². The third kappa shape index (κ3) is 3.92.